The molecule has 0 aliphatic carbocycles. The molecule has 1 aliphatic rings. The van der Waals surface area contributed by atoms with Crippen molar-refractivity contribution in [1.82, 2.24) is 10.3 Å². The molecule has 1 fully saturated rings. The monoisotopic (exact) mass is 478 g/mol. The van der Waals surface area contributed by atoms with Crippen LogP contribution in [-0.4, -0.2) is 56.0 Å². The molecule has 2 atom stereocenters. The zero-order chi connectivity index (χ0) is 23.2. The van der Waals surface area contributed by atoms with Gasteiger partial charge in [-0.05, 0) is 5.92 Å². The summed E-state index contributed by atoms with van der Waals surface area (Å²) in [5.41, 5.74) is 1.31. The highest BCUT2D eigenvalue weighted by Crippen LogP contribution is 2.57. The van der Waals surface area contributed by atoms with E-state index in [2.05, 4.69) is 15.0 Å². The molecule has 0 spiro atoms. The molecule has 174 valence electrons. The number of nitrogens with one attached hydrogen (secondary N) is 1. The first-order valence-electron chi connectivity index (χ1n) is 9.51. The first-order chi connectivity index (χ1) is 14.5. The summed E-state index contributed by atoms with van der Waals surface area (Å²) in [5, 5.41) is 2.53. The lowest BCUT2D eigenvalue weighted by Gasteiger charge is -2.39. The Bertz CT molecular complexity index is 855. The van der Waals surface area contributed by atoms with Crippen molar-refractivity contribution < 1.29 is 42.0 Å². The first kappa shape index (κ1) is 25.4. The molecule has 31 heavy (non-hydrogen) atoms. The van der Waals surface area contributed by atoms with E-state index in [9.17, 15) is 18.9 Å². The van der Waals surface area contributed by atoms with Crippen LogP contribution in [0.15, 0.2) is 5.51 Å². The minimum atomic E-state index is -4.17. The molecule has 1 aromatic heterocycles. The Morgan fingerprint density at radius 3 is 2.74 bits per heavy atom. The molecule has 0 aromatic carbocycles. The van der Waals surface area contributed by atoms with Crippen molar-refractivity contribution >= 4 is 37.0 Å². The fraction of sp³-hybridized carbons (Fsp3) is 0.667. The lowest BCUT2D eigenvalue weighted by Crippen LogP contribution is -2.50. The van der Waals surface area contributed by atoms with Gasteiger partial charge in [0.2, 0.25) is 12.7 Å². The third kappa shape index (κ3) is 6.81. The number of rotatable bonds is 9. The summed E-state index contributed by atoms with van der Waals surface area (Å²) in [7, 11) is -2.92. The third-order valence-electron chi connectivity index (χ3n) is 4.36. The van der Waals surface area contributed by atoms with Gasteiger partial charge in [0, 0.05) is 12.0 Å². The van der Waals surface area contributed by atoms with Crippen LogP contribution in [0, 0.1) is 5.41 Å². The number of hydrogen-bond acceptors (Lipinski definition) is 11. The molecule has 1 aromatic rings. The predicted octanol–water partition coefficient (Wildman–Crippen LogP) is 2.63. The maximum Gasteiger partial charge on any atom is 0.478 e. The number of thiazole rings is 1. The summed E-state index contributed by atoms with van der Waals surface area (Å²) >= 11 is 1.13. The summed E-state index contributed by atoms with van der Waals surface area (Å²) < 4.78 is 38.0. The second kappa shape index (κ2) is 10.6. The SMILES string of the molecule is COC(=O)CCNC(=O)[C@@H]1OP(=O)(OCOC(=O)c2scnc2C(C)C)OCC1(C)C. The van der Waals surface area contributed by atoms with Gasteiger partial charge in [0.25, 0.3) is 0 Å². The molecule has 11 nitrogen and oxygen atoms in total. The number of carbonyl (C=O) groups is 3. The predicted molar refractivity (Wildman–Crippen MR) is 109 cm³/mol. The van der Waals surface area contributed by atoms with Gasteiger partial charge in [-0.1, -0.05) is 27.7 Å². The Morgan fingerprint density at radius 2 is 2.10 bits per heavy atom. The molecule has 1 N–H and O–H groups in total. The number of phosphoric ester groups is 1. The number of aromatic nitrogens is 1. The van der Waals surface area contributed by atoms with Crippen LogP contribution in [0.25, 0.3) is 0 Å². The maximum atomic E-state index is 12.8. The summed E-state index contributed by atoms with van der Waals surface area (Å²) in [6.07, 6.45) is -1.19. The van der Waals surface area contributed by atoms with Crippen LogP contribution >= 0.6 is 19.2 Å². The Balaban J connectivity index is 1.93. The van der Waals surface area contributed by atoms with Gasteiger partial charge in [0.1, 0.15) is 4.88 Å². The molecule has 1 saturated heterocycles. The summed E-state index contributed by atoms with van der Waals surface area (Å²) in [5.74, 6) is -1.71. The molecule has 2 rings (SSSR count). The van der Waals surface area contributed by atoms with Gasteiger partial charge >= 0.3 is 19.8 Å². The van der Waals surface area contributed by atoms with E-state index in [4.69, 9.17) is 18.3 Å². The van der Waals surface area contributed by atoms with Crippen LogP contribution in [0.5, 0.6) is 0 Å². The second-order valence-corrected chi connectivity index (χ2v) is 10.2. The zero-order valence-electron chi connectivity index (χ0n) is 18.0. The number of amides is 1. The van der Waals surface area contributed by atoms with Gasteiger partial charge in [-0.3, -0.25) is 18.6 Å². The first-order valence-corrected chi connectivity index (χ1v) is 11.9. The highest BCUT2D eigenvalue weighted by Gasteiger charge is 2.49. The summed E-state index contributed by atoms with van der Waals surface area (Å²) in [6, 6.07) is 0. The number of ether oxygens (including phenoxy) is 2. The van der Waals surface area contributed by atoms with Gasteiger partial charge in [-0.15, -0.1) is 11.3 Å². The van der Waals surface area contributed by atoms with E-state index in [0.29, 0.717) is 10.6 Å². The average Bonchev–Trinajstić information content (AvgIpc) is 3.20. The molecule has 1 aliphatic heterocycles. The number of methoxy groups -OCH3 is 1. The Morgan fingerprint density at radius 1 is 1.39 bits per heavy atom. The Kier molecular flexibility index (Phi) is 8.73. The molecule has 0 radical (unpaired) electrons. The van der Waals surface area contributed by atoms with E-state index in [0.717, 1.165) is 11.3 Å². The smallest absolute Gasteiger partial charge is 0.469 e. The minimum Gasteiger partial charge on any atom is -0.469 e. The van der Waals surface area contributed by atoms with Gasteiger partial charge in [0.15, 0.2) is 6.10 Å². The number of hydrogen-bond donors (Lipinski definition) is 1. The molecule has 13 heteroatoms. The normalized spacial score (nSPS) is 22.7. The van der Waals surface area contributed by atoms with E-state index < -0.39 is 44.0 Å². The highest BCUT2D eigenvalue weighted by atomic mass is 32.1. The van der Waals surface area contributed by atoms with Crippen molar-refractivity contribution in [1.29, 1.82) is 0 Å². The minimum absolute atomic E-state index is 0.0219. The zero-order valence-corrected chi connectivity index (χ0v) is 19.7. The van der Waals surface area contributed by atoms with Crippen LogP contribution < -0.4 is 5.32 Å². The van der Waals surface area contributed by atoms with Gasteiger partial charge in [0.05, 0.1) is 31.3 Å². The molecule has 2 heterocycles. The highest BCUT2D eigenvalue weighted by molar-refractivity contribution is 7.48. The molecule has 0 bridgehead atoms. The fourth-order valence-electron chi connectivity index (χ4n) is 2.61. The topological polar surface area (TPSA) is 139 Å². The second-order valence-electron chi connectivity index (χ2n) is 7.71. The van der Waals surface area contributed by atoms with Crippen molar-refractivity contribution in [3.8, 4) is 0 Å². The molecule has 0 saturated carbocycles. The van der Waals surface area contributed by atoms with E-state index >= 15 is 0 Å². The Labute approximate surface area is 184 Å². The molecule has 1 unspecified atom stereocenters. The number of phosphoric acid groups is 1. The average molecular weight is 478 g/mol. The van der Waals surface area contributed by atoms with Crippen molar-refractivity contribution in [2.75, 3.05) is 27.1 Å². The maximum absolute atomic E-state index is 12.8. The van der Waals surface area contributed by atoms with Crippen LogP contribution in [0.4, 0.5) is 0 Å². The standard InChI is InChI=1S/C18H27N2O9PS/c1-11(2)13-14(31-9-20-13)17(23)26-10-28-30(24)27-8-18(3,4)15(29-30)16(22)19-7-6-12(21)25-5/h9,11,15H,6-8,10H2,1-5H3,(H,19,22)/t15-,30?/m0/s1. The van der Waals surface area contributed by atoms with Crippen molar-refractivity contribution in [3.63, 3.8) is 0 Å². The molecular formula is C18H27N2O9PS. The molecule has 1 amide bonds. The number of nitrogens with zero attached hydrogens (tertiary/aromatic N) is 1. The van der Waals surface area contributed by atoms with E-state index in [1.165, 1.54) is 12.6 Å². The third-order valence-corrected chi connectivity index (χ3v) is 6.52. The molecular weight excluding hydrogens is 451 g/mol. The van der Waals surface area contributed by atoms with E-state index in [-0.39, 0.29) is 25.5 Å². The van der Waals surface area contributed by atoms with Crippen LogP contribution in [0.1, 0.15) is 55.4 Å². The fourth-order valence-corrected chi connectivity index (χ4v) is 4.95. The Hall–Kier alpha value is -1.85. The van der Waals surface area contributed by atoms with Crippen LogP contribution in [0.2, 0.25) is 0 Å². The number of esters is 2. The van der Waals surface area contributed by atoms with Crippen LogP contribution in [0.3, 0.4) is 0 Å². The van der Waals surface area contributed by atoms with Crippen molar-refractivity contribution in [2.45, 2.75) is 46.1 Å². The number of carbonyl (C=O) groups excluding carboxylic acids is 3. The van der Waals surface area contributed by atoms with Gasteiger partial charge < -0.3 is 14.8 Å². The van der Waals surface area contributed by atoms with Gasteiger partial charge in [-0.2, -0.15) is 0 Å². The van der Waals surface area contributed by atoms with Crippen LogP contribution in [-0.2, 0) is 37.2 Å². The van der Waals surface area contributed by atoms with Crippen molar-refractivity contribution in [2.24, 2.45) is 5.41 Å². The lowest BCUT2D eigenvalue weighted by atomic mass is 9.87. The summed E-state index contributed by atoms with van der Waals surface area (Å²) in [6.45, 7) is 6.40. The summed E-state index contributed by atoms with van der Waals surface area (Å²) in [4.78, 5) is 40.4. The lowest BCUT2D eigenvalue weighted by molar-refractivity contribution is -0.144. The van der Waals surface area contributed by atoms with E-state index in [1.807, 2.05) is 13.8 Å². The van der Waals surface area contributed by atoms with E-state index in [1.54, 1.807) is 13.8 Å². The largest absolute Gasteiger partial charge is 0.478 e. The van der Waals surface area contributed by atoms with Gasteiger partial charge in [-0.25, -0.2) is 18.9 Å². The van der Waals surface area contributed by atoms with Crippen molar-refractivity contribution in [3.05, 3.63) is 16.1 Å². The quantitative estimate of drug-likeness (QED) is 0.320.